The first kappa shape index (κ1) is 23.7. The van der Waals surface area contributed by atoms with Crippen molar-refractivity contribution >= 4 is 17.5 Å². The van der Waals surface area contributed by atoms with Crippen LogP contribution in [0.5, 0.6) is 0 Å². The average Bonchev–Trinajstić information content (AvgIpc) is 3.43. The van der Waals surface area contributed by atoms with Gasteiger partial charge in [-0.3, -0.25) is 19.5 Å². The minimum Gasteiger partial charge on any atom is -0.415 e. The number of carbonyl (C=O) groups excluding carboxylic acids is 2. The van der Waals surface area contributed by atoms with Crippen LogP contribution < -0.4 is 10.2 Å². The molecule has 9 nitrogen and oxygen atoms in total. The van der Waals surface area contributed by atoms with E-state index in [2.05, 4.69) is 25.4 Å². The van der Waals surface area contributed by atoms with E-state index in [1.54, 1.807) is 12.1 Å². The molecule has 0 radical (unpaired) electrons. The maximum atomic E-state index is 13.5. The average molecular weight is 509 g/mol. The predicted molar refractivity (Wildman–Crippen MR) is 129 cm³/mol. The maximum Gasteiger partial charge on any atom is 0.314 e. The Labute approximate surface area is 211 Å². The molecule has 1 aliphatic carbocycles. The molecule has 1 saturated heterocycles. The lowest BCUT2D eigenvalue weighted by atomic mass is 9.77. The van der Waals surface area contributed by atoms with Gasteiger partial charge in [0.05, 0.1) is 23.2 Å². The molecular formula is C26H26F2N6O3. The number of hydrogen-bond donors (Lipinski definition) is 1. The van der Waals surface area contributed by atoms with Crippen molar-refractivity contribution in [1.82, 2.24) is 25.4 Å². The smallest absolute Gasteiger partial charge is 0.314 e. The van der Waals surface area contributed by atoms with Crippen molar-refractivity contribution in [2.75, 3.05) is 24.5 Å². The van der Waals surface area contributed by atoms with E-state index in [1.165, 1.54) is 23.9 Å². The number of nitrogens with zero attached hydrogens (tertiary/aromatic N) is 5. The van der Waals surface area contributed by atoms with E-state index < -0.39 is 17.7 Å². The molecule has 11 heteroatoms. The SMILES string of the molecule is CC1(C)C(=O)N(Cc2ccc(-c3nnc(C(F)F)o3)cn2)C(=O)c2ccc(N3CCNC4(CC4)C3)cc21. The summed E-state index contributed by atoms with van der Waals surface area (Å²) in [6.07, 6.45) is 0.875. The fraction of sp³-hybridized carbons (Fsp3) is 0.423. The first-order chi connectivity index (χ1) is 17.7. The molecule has 1 N–H and O–H groups in total. The second-order valence-corrected chi connectivity index (χ2v) is 10.5. The van der Waals surface area contributed by atoms with Crippen molar-refractivity contribution < 1.29 is 22.8 Å². The van der Waals surface area contributed by atoms with Crippen molar-refractivity contribution in [2.24, 2.45) is 0 Å². The topological polar surface area (TPSA) is 104 Å². The first-order valence-electron chi connectivity index (χ1n) is 12.2. The van der Waals surface area contributed by atoms with Gasteiger partial charge >= 0.3 is 6.43 Å². The van der Waals surface area contributed by atoms with E-state index in [4.69, 9.17) is 4.42 Å². The fourth-order valence-corrected chi connectivity index (χ4v) is 5.17. The second-order valence-electron chi connectivity index (χ2n) is 10.5. The molecule has 1 spiro atoms. The summed E-state index contributed by atoms with van der Waals surface area (Å²) >= 11 is 0. The number of nitrogens with one attached hydrogen (secondary N) is 1. The van der Waals surface area contributed by atoms with E-state index in [0.29, 0.717) is 16.8 Å². The van der Waals surface area contributed by atoms with Crippen LogP contribution in [-0.2, 0) is 16.8 Å². The number of anilines is 1. The zero-order chi connectivity index (χ0) is 25.9. The van der Waals surface area contributed by atoms with E-state index in [1.807, 2.05) is 32.0 Å². The molecule has 4 heterocycles. The summed E-state index contributed by atoms with van der Waals surface area (Å²) in [5.41, 5.74) is 2.40. The highest BCUT2D eigenvalue weighted by Gasteiger charge is 2.47. The highest BCUT2D eigenvalue weighted by molar-refractivity contribution is 6.13. The maximum absolute atomic E-state index is 13.5. The third kappa shape index (κ3) is 4.07. The van der Waals surface area contributed by atoms with Crippen LogP contribution in [0.1, 0.15) is 60.6 Å². The van der Waals surface area contributed by atoms with Crippen molar-refractivity contribution in [3.05, 3.63) is 59.2 Å². The summed E-state index contributed by atoms with van der Waals surface area (Å²) < 4.78 is 30.4. The van der Waals surface area contributed by atoms with Crippen LogP contribution in [0.3, 0.4) is 0 Å². The number of imide groups is 1. The Bertz CT molecular complexity index is 1380. The summed E-state index contributed by atoms with van der Waals surface area (Å²) in [6, 6.07) is 8.96. The molecule has 0 atom stereocenters. The Hall–Kier alpha value is -3.73. The molecule has 6 rings (SSSR count). The number of fused-ring (bicyclic) bond motifs is 1. The molecule has 192 valence electrons. The Morgan fingerprint density at radius 3 is 2.62 bits per heavy atom. The predicted octanol–water partition coefficient (Wildman–Crippen LogP) is 3.47. The number of hydrogen-bond acceptors (Lipinski definition) is 8. The number of aromatic nitrogens is 3. The zero-order valence-corrected chi connectivity index (χ0v) is 20.5. The van der Waals surface area contributed by atoms with Crippen molar-refractivity contribution in [1.29, 1.82) is 0 Å². The molecule has 37 heavy (non-hydrogen) atoms. The Morgan fingerprint density at radius 1 is 1.14 bits per heavy atom. The number of pyridine rings is 1. The number of amides is 2. The van der Waals surface area contributed by atoms with Crippen LogP contribution in [0, 0.1) is 0 Å². The lowest BCUT2D eigenvalue weighted by Crippen LogP contribution is -2.53. The Balaban J connectivity index is 1.24. The molecule has 3 aromatic rings. The minimum absolute atomic E-state index is 0.0188. The van der Waals surface area contributed by atoms with Gasteiger partial charge in [-0.2, -0.15) is 8.78 Å². The Kier molecular flexibility index (Phi) is 5.37. The number of halogens is 2. The molecule has 1 aromatic carbocycles. The summed E-state index contributed by atoms with van der Waals surface area (Å²) in [5, 5.41) is 10.5. The lowest BCUT2D eigenvalue weighted by Gasteiger charge is -2.39. The van der Waals surface area contributed by atoms with E-state index in [0.717, 1.165) is 30.9 Å². The second kappa shape index (κ2) is 8.41. The summed E-state index contributed by atoms with van der Waals surface area (Å²) in [7, 11) is 0. The third-order valence-corrected chi connectivity index (χ3v) is 7.54. The highest BCUT2D eigenvalue weighted by Crippen LogP contribution is 2.41. The quantitative estimate of drug-likeness (QED) is 0.523. The summed E-state index contributed by atoms with van der Waals surface area (Å²) in [5.74, 6) is -1.52. The van der Waals surface area contributed by atoms with Gasteiger partial charge in [-0.1, -0.05) is 0 Å². The molecule has 3 aliphatic rings. The number of benzene rings is 1. The number of carbonyl (C=O) groups is 2. The number of piperazine rings is 1. The zero-order valence-electron chi connectivity index (χ0n) is 20.5. The summed E-state index contributed by atoms with van der Waals surface area (Å²) in [4.78, 5) is 34.8. The third-order valence-electron chi connectivity index (χ3n) is 7.54. The van der Waals surface area contributed by atoms with Gasteiger partial charge in [-0.05, 0) is 62.6 Å². The molecular weight excluding hydrogens is 482 g/mol. The first-order valence-corrected chi connectivity index (χ1v) is 12.2. The van der Waals surface area contributed by atoms with Gasteiger partial charge in [0.1, 0.15) is 0 Å². The van der Waals surface area contributed by atoms with E-state index in [-0.39, 0.29) is 29.8 Å². The molecule has 2 aromatic heterocycles. The molecule has 2 fully saturated rings. The van der Waals surface area contributed by atoms with Crippen LogP contribution in [0.25, 0.3) is 11.5 Å². The van der Waals surface area contributed by atoms with E-state index >= 15 is 0 Å². The molecule has 2 amide bonds. The van der Waals surface area contributed by atoms with Gasteiger partial charge in [0.15, 0.2) is 0 Å². The lowest BCUT2D eigenvalue weighted by molar-refractivity contribution is -0.134. The molecule has 0 bridgehead atoms. The van der Waals surface area contributed by atoms with Crippen molar-refractivity contribution in [3.8, 4) is 11.5 Å². The van der Waals surface area contributed by atoms with Gasteiger partial charge in [-0.25, -0.2) is 0 Å². The van der Waals surface area contributed by atoms with Crippen LogP contribution in [0.2, 0.25) is 0 Å². The van der Waals surface area contributed by atoms with Gasteiger partial charge in [0.25, 0.3) is 11.8 Å². The fourth-order valence-electron chi connectivity index (χ4n) is 5.17. The van der Waals surface area contributed by atoms with Crippen LogP contribution in [-0.4, -0.2) is 57.1 Å². The minimum atomic E-state index is -2.86. The number of alkyl halides is 2. The monoisotopic (exact) mass is 508 g/mol. The van der Waals surface area contributed by atoms with Gasteiger partial charge < -0.3 is 14.6 Å². The summed E-state index contributed by atoms with van der Waals surface area (Å²) in [6.45, 7) is 6.37. The van der Waals surface area contributed by atoms with Crippen molar-refractivity contribution in [3.63, 3.8) is 0 Å². The molecule has 1 saturated carbocycles. The molecule has 2 aliphatic heterocycles. The standard InChI is InChI=1S/C26H26F2N6O3/c1-25(2)19-11-17(33-10-9-30-26(14-33)7-8-26)5-6-18(19)23(35)34(24(25)36)13-16-4-3-15(12-29-16)21-31-32-22(37-21)20(27)28/h3-6,11-12,20,30H,7-10,13-14H2,1-2H3. The van der Waals surface area contributed by atoms with Crippen LogP contribution >= 0.6 is 0 Å². The molecule has 0 unspecified atom stereocenters. The Morgan fingerprint density at radius 2 is 1.95 bits per heavy atom. The van der Waals surface area contributed by atoms with Gasteiger partial charge in [-0.15, -0.1) is 10.2 Å². The van der Waals surface area contributed by atoms with Crippen molar-refractivity contribution in [2.45, 2.75) is 50.6 Å². The van der Waals surface area contributed by atoms with Gasteiger partial charge in [0.2, 0.25) is 11.8 Å². The largest absolute Gasteiger partial charge is 0.415 e. The van der Waals surface area contributed by atoms with Gasteiger partial charge in [0, 0.05) is 42.6 Å². The normalized spacial score (nSPS) is 20.0. The van der Waals surface area contributed by atoms with Crippen LogP contribution in [0.15, 0.2) is 40.9 Å². The highest BCUT2D eigenvalue weighted by atomic mass is 19.3. The van der Waals surface area contributed by atoms with Crippen LogP contribution in [0.4, 0.5) is 14.5 Å². The van der Waals surface area contributed by atoms with E-state index in [9.17, 15) is 18.4 Å². The number of rotatable bonds is 5.